The molecule has 6 nitrogen and oxygen atoms in total. The van der Waals surface area contributed by atoms with E-state index in [1.807, 2.05) is 25.0 Å². The van der Waals surface area contributed by atoms with E-state index in [1.54, 1.807) is 7.11 Å². The molecule has 4 atom stereocenters. The maximum atomic E-state index is 7.17. The largest absolute Gasteiger partial charge is 0.408 e. The summed E-state index contributed by atoms with van der Waals surface area (Å²) in [7, 11) is -0.335. The molecule has 2 fully saturated rings. The minimum atomic E-state index is -2.12. The Bertz CT molecular complexity index is 720. The minimum Gasteiger partial charge on any atom is -0.408 e. The van der Waals surface area contributed by atoms with Crippen LogP contribution in [0.5, 0.6) is 0 Å². The van der Waals surface area contributed by atoms with Gasteiger partial charge in [0, 0.05) is 13.7 Å². The quantitative estimate of drug-likeness (QED) is 0.434. The van der Waals surface area contributed by atoms with E-state index >= 15 is 0 Å². The molecular formula is C26H45NO5Si. The summed E-state index contributed by atoms with van der Waals surface area (Å²) in [5, 5.41) is 2.03. The smallest absolute Gasteiger partial charge is 0.201 e. The molecule has 0 N–H and O–H groups in total. The van der Waals surface area contributed by atoms with Crippen LogP contribution in [0, 0.1) is 0 Å². The molecule has 188 valence electrons. The average Bonchev–Trinajstić information content (AvgIpc) is 3.11. The molecule has 0 aromatic heterocycles. The second-order valence-electron chi connectivity index (χ2n) is 10.9. The molecule has 1 aromatic rings. The van der Waals surface area contributed by atoms with Crippen molar-refractivity contribution in [1.82, 2.24) is 5.06 Å². The zero-order chi connectivity index (χ0) is 24.4. The number of hydroxylamine groups is 2. The summed E-state index contributed by atoms with van der Waals surface area (Å²) in [6.07, 6.45) is -0.514. The van der Waals surface area contributed by atoms with Crippen molar-refractivity contribution in [3.8, 4) is 0 Å². The number of hydrogen-bond acceptors (Lipinski definition) is 6. The highest BCUT2D eigenvalue weighted by Crippen LogP contribution is 2.44. The lowest BCUT2D eigenvalue weighted by atomic mass is 9.98. The summed E-state index contributed by atoms with van der Waals surface area (Å²) in [6, 6.07) is 10.2. The van der Waals surface area contributed by atoms with Crippen molar-refractivity contribution >= 4 is 8.32 Å². The molecule has 0 unspecified atom stereocenters. The zero-order valence-electron chi connectivity index (χ0n) is 22.0. The van der Waals surface area contributed by atoms with Gasteiger partial charge in [-0.3, -0.25) is 4.84 Å². The van der Waals surface area contributed by atoms with Crippen molar-refractivity contribution in [1.29, 1.82) is 0 Å². The molecule has 1 aromatic carbocycles. The Balaban J connectivity index is 1.92. The van der Waals surface area contributed by atoms with E-state index in [0.717, 1.165) is 0 Å². The van der Waals surface area contributed by atoms with Gasteiger partial charge in [0.25, 0.3) is 0 Å². The third-order valence-corrected chi connectivity index (χ3v) is 13.5. The summed E-state index contributed by atoms with van der Waals surface area (Å²) >= 11 is 0. The number of nitrogens with zero attached hydrogens (tertiary/aromatic N) is 1. The molecule has 33 heavy (non-hydrogen) atoms. The fourth-order valence-electron chi connectivity index (χ4n) is 5.99. The van der Waals surface area contributed by atoms with Crippen molar-refractivity contribution in [2.75, 3.05) is 20.3 Å². The van der Waals surface area contributed by atoms with Crippen LogP contribution in [-0.4, -0.2) is 63.8 Å². The Hall–Kier alpha value is -0.803. The van der Waals surface area contributed by atoms with Crippen LogP contribution in [0.25, 0.3) is 0 Å². The molecule has 0 radical (unpaired) electrons. The van der Waals surface area contributed by atoms with Gasteiger partial charge in [0.1, 0.15) is 12.2 Å². The maximum absolute atomic E-state index is 7.17. The fourth-order valence-corrected chi connectivity index (χ4v) is 11.5. The second-order valence-corrected chi connectivity index (χ2v) is 16.3. The van der Waals surface area contributed by atoms with Crippen LogP contribution < -0.4 is 0 Å². The molecular weight excluding hydrogens is 434 g/mol. The van der Waals surface area contributed by atoms with Crippen LogP contribution in [0.15, 0.2) is 30.3 Å². The molecule has 2 saturated heterocycles. The molecule has 0 amide bonds. The topological polar surface area (TPSA) is 49.4 Å². The van der Waals surface area contributed by atoms with Gasteiger partial charge in [-0.15, -0.1) is 0 Å². The highest BCUT2D eigenvalue weighted by Gasteiger charge is 2.53. The SMILES string of the molecule is CO[C@@H]1[C@H]([C@H]2COC(C)(C)O2)N(Cc2ccccc2)OC[C@H]1O[Si](C(C)C)(C(C)C)C(C)C. The first-order valence-electron chi connectivity index (χ1n) is 12.5. The van der Waals surface area contributed by atoms with Gasteiger partial charge in [0.15, 0.2) is 5.79 Å². The van der Waals surface area contributed by atoms with Crippen molar-refractivity contribution in [2.24, 2.45) is 0 Å². The van der Waals surface area contributed by atoms with E-state index in [-0.39, 0.29) is 24.4 Å². The van der Waals surface area contributed by atoms with Gasteiger partial charge in [-0.2, -0.15) is 5.06 Å². The highest BCUT2D eigenvalue weighted by atomic mass is 28.4. The molecule has 2 aliphatic heterocycles. The Labute approximate surface area is 202 Å². The van der Waals surface area contributed by atoms with E-state index in [1.165, 1.54) is 5.56 Å². The Morgan fingerprint density at radius 2 is 1.61 bits per heavy atom. The summed E-state index contributed by atoms with van der Waals surface area (Å²) < 4.78 is 25.7. The number of methoxy groups -OCH3 is 1. The van der Waals surface area contributed by atoms with Crippen molar-refractivity contribution in [3.05, 3.63) is 35.9 Å². The zero-order valence-corrected chi connectivity index (χ0v) is 23.0. The highest BCUT2D eigenvalue weighted by molar-refractivity contribution is 6.77. The van der Waals surface area contributed by atoms with E-state index < -0.39 is 14.1 Å². The number of rotatable bonds is 9. The van der Waals surface area contributed by atoms with E-state index in [9.17, 15) is 0 Å². The normalized spacial score (nSPS) is 28.8. The predicted octanol–water partition coefficient (Wildman–Crippen LogP) is 5.53. The molecule has 2 heterocycles. The van der Waals surface area contributed by atoms with Gasteiger partial charge in [-0.25, -0.2) is 0 Å². The number of hydrogen-bond donors (Lipinski definition) is 0. The summed E-state index contributed by atoms with van der Waals surface area (Å²) in [4.78, 5) is 6.42. The average molecular weight is 480 g/mol. The molecule has 7 heteroatoms. The van der Waals surface area contributed by atoms with E-state index in [0.29, 0.717) is 36.4 Å². The fraction of sp³-hybridized carbons (Fsp3) is 0.769. The Morgan fingerprint density at radius 1 is 1.00 bits per heavy atom. The van der Waals surface area contributed by atoms with Crippen LogP contribution in [0.1, 0.15) is 61.0 Å². The second kappa shape index (κ2) is 10.9. The lowest BCUT2D eigenvalue weighted by molar-refractivity contribution is -0.298. The van der Waals surface area contributed by atoms with Crippen LogP contribution in [0.3, 0.4) is 0 Å². The standard InChI is InChI=1S/C26H45NO5Si/c1-18(2)33(19(3)4,20(5)6)32-23-17-30-27(15-21-13-11-10-12-14-21)24(25(23)28-9)22-16-29-26(7,8)31-22/h10-14,18-20,22-25H,15-17H2,1-9H3/t22-,23-,24+,25+/m1/s1. The molecule has 0 aliphatic carbocycles. The van der Waals surface area contributed by atoms with Crippen molar-refractivity contribution in [3.63, 3.8) is 0 Å². The Kier molecular flexibility index (Phi) is 8.81. The van der Waals surface area contributed by atoms with Crippen LogP contribution >= 0.6 is 0 Å². The minimum absolute atomic E-state index is 0.145. The van der Waals surface area contributed by atoms with E-state index in [4.69, 9.17) is 23.5 Å². The third-order valence-electron chi connectivity index (χ3n) is 7.37. The first-order valence-corrected chi connectivity index (χ1v) is 14.6. The lowest BCUT2D eigenvalue weighted by Gasteiger charge is -2.51. The van der Waals surface area contributed by atoms with Gasteiger partial charge in [-0.1, -0.05) is 71.9 Å². The molecule has 2 aliphatic rings. The first-order chi connectivity index (χ1) is 15.5. The van der Waals surface area contributed by atoms with Crippen molar-refractivity contribution in [2.45, 2.75) is 109 Å². The van der Waals surface area contributed by atoms with E-state index in [2.05, 4.69) is 65.8 Å². The number of ether oxygens (including phenoxy) is 3. The number of benzene rings is 1. The summed E-state index contributed by atoms with van der Waals surface area (Å²) in [5.41, 5.74) is 2.65. The van der Waals surface area contributed by atoms with Gasteiger partial charge < -0.3 is 18.6 Å². The Morgan fingerprint density at radius 3 is 2.09 bits per heavy atom. The van der Waals surface area contributed by atoms with Crippen LogP contribution in [-0.2, 0) is 30.0 Å². The van der Waals surface area contributed by atoms with Crippen LogP contribution in [0.4, 0.5) is 0 Å². The lowest BCUT2D eigenvalue weighted by Crippen LogP contribution is -2.65. The molecule has 0 saturated carbocycles. The van der Waals surface area contributed by atoms with Gasteiger partial charge in [0.05, 0.1) is 25.4 Å². The van der Waals surface area contributed by atoms with Crippen LogP contribution in [0.2, 0.25) is 16.6 Å². The van der Waals surface area contributed by atoms with Crippen molar-refractivity contribution < 1.29 is 23.5 Å². The van der Waals surface area contributed by atoms with Gasteiger partial charge >= 0.3 is 0 Å². The van der Waals surface area contributed by atoms with Gasteiger partial charge in [-0.05, 0) is 36.0 Å². The summed E-state index contributed by atoms with van der Waals surface area (Å²) in [6.45, 7) is 19.4. The molecule has 3 rings (SSSR count). The summed E-state index contributed by atoms with van der Waals surface area (Å²) in [5.74, 6) is -0.624. The molecule has 0 spiro atoms. The first kappa shape index (κ1) is 26.8. The monoisotopic (exact) mass is 479 g/mol. The third kappa shape index (κ3) is 5.72. The van der Waals surface area contributed by atoms with Gasteiger partial charge in [0.2, 0.25) is 8.32 Å². The predicted molar refractivity (Wildman–Crippen MR) is 133 cm³/mol. The molecule has 0 bridgehead atoms. The maximum Gasteiger partial charge on any atom is 0.201 e.